The number of aryl methyl sites for hydroxylation is 1. The summed E-state index contributed by atoms with van der Waals surface area (Å²) in [6, 6.07) is 12.7. The van der Waals surface area contributed by atoms with E-state index in [0.717, 1.165) is 24.2 Å². The predicted octanol–water partition coefficient (Wildman–Crippen LogP) is 6.08. The van der Waals surface area contributed by atoms with Crippen LogP contribution in [0.4, 0.5) is 0 Å². The number of ether oxygens (including phenoxy) is 4. The molecular formula is C38H45NO9. The van der Waals surface area contributed by atoms with Crippen molar-refractivity contribution in [2.75, 3.05) is 13.7 Å². The molecule has 2 fully saturated rings. The minimum atomic E-state index is -1.27. The van der Waals surface area contributed by atoms with Gasteiger partial charge in [0.1, 0.15) is 34.5 Å². The molecule has 0 radical (unpaired) electrons. The van der Waals surface area contributed by atoms with E-state index in [9.17, 15) is 19.5 Å². The molecule has 6 rings (SSSR count). The van der Waals surface area contributed by atoms with Crippen LogP contribution in [0.3, 0.4) is 0 Å². The van der Waals surface area contributed by atoms with Gasteiger partial charge >= 0.3 is 17.6 Å². The third kappa shape index (κ3) is 5.78. The molecule has 2 aliphatic carbocycles. The van der Waals surface area contributed by atoms with Crippen molar-refractivity contribution in [1.82, 2.24) is 4.98 Å². The van der Waals surface area contributed by atoms with Crippen LogP contribution in [-0.2, 0) is 25.5 Å². The van der Waals surface area contributed by atoms with Gasteiger partial charge in [0.25, 0.3) is 0 Å². The molecule has 3 aliphatic rings. The van der Waals surface area contributed by atoms with Crippen LogP contribution in [0.1, 0.15) is 77.5 Å². The number of nitrogens with zero attached hydrogens (tertiary/aromatic N) is 1. The van der Waals surface area contributed by atoms with Gasteiger partial charge in [-0.05, 0) is 79.7 Å². The zero-order valence-corrected chi connectivity index (χ0v) is 28.5. The van der Waals surface area contributed by atoms with Crippen molar-refractivity contribution in [3.8, 4) is 22.8 Å². The maximum absolute atomic E-state index is 13.6. The maximum atomic E-state index is 13.6. The second-order valence-corrected chi connectivity index (χ2v) is 14.5. The number of fused-ring (bicyclic) bond motifs is 4. The molecule has 0 amide bonds. The lowest BCUT2D eigenvalue weighted by Crippen LogP contribution is -2.70. The summed E-state index contributed by atoms with van der Waals surface area (Å²) in [4.78, 5) is 43.4. The van der Waals surface area contributed by atoms with E-state index in [1.807, 2.05) is 31.2 Å². The van der Waals surface area contributed by atoms with Gasteiger partial charge in [-0.1, -0.05) is 32.9 Å². The first-order chi connectivity index (χ1) is 22.8. The van der Waals surface area contributed by atoms with Crippen LogP contribution in [0.2, 0.25) is 0 Å². The van der Waals surface area contributed by atoms with Crippen LogP contribution >= 0.6 is 0 Å². The van der Waals surface area contributed by atoms with E-state index in [1.54, 1.807) is 37.7 Å². The molecule has 2 aromatic heterocycles. The molecule has 3 aromatic rings. The quantitative estimate of drug-likeness (QED) is 0.284. The smallest absolute Gasteiger partial charge is 0.345 e. The summed E-state index contributed by atoms with van der Waals surface area (Å²) in [5.74, 6) is -0.185. The first kappa shape index (κ1) is 33.7. The molecule has 1 aliphatic heterocycles. The van der Waals surface area contributed by atoms with Crippen molar-refractivity contribution in [1.29, 1.82) is 0 Å². The largest absolute Gasteiger partial charge is 0.497 e. The van der Waals surface area contributed by atoms with Crippen LogP contribution < -0.4 is 15.1 Å². The lowest BCUT2D eigenvalue weighted by molar-refractivity contribution is -0.262. The number of methoxy groups -OCH3 is 1. The number of hydrogen-bond donors (Lipinski definition) is 1. The Balaban J connectivity index is 1.40. The SMILES string of the molecule is COc1ccc(CCC(=O)O[C@H]2CC3C(C)(COC(C)=O)[C@@H](C)CC[C@]3(C)C3[C@@H](O)c4c(cc(-c5cccnc5)oc4=O)O[C@@]32C)cc1. The van der Waals surface area contributed by atoms with Crippen LogP contribution in [0, 0.1) is 28.6 Å². The number of carbonyl (C=O) groups is 2. The summed E-state index contributed by atoms with van der Waals surface area (Å²) in [6.07, 6.45) is 3.76. The Morgan fingerprint density at radius 1 is 1.12 bits per heavy atom. The molecule has 256 valence electrons. The van der Waals surface area contributed by atoms with Crippen molar-refractivity contribution in [3.63, 3.8) is 0 Å². The highest BCUT2D eigenvalue weighted by Crippen LogP contribution is 2.68. The average Bonchev–Trinajstić information content (AvgIpc) is 3.06. The molecule has 1 N–H and O–H groups in total. The van der Waals surface area contributed by atoms with Gasteiger partial charge in [0.05, 0.1) is 19.8 Å². The van der Waals surface area contributed by atoms with Crippen molar-refractivity contribution >= 4 is 11.9 Å². The molecule has 48 heavy (non-hydrogen) atoms. The number of rotatable bonds is 8. The Morgan fingerprint density at radius 2 is 1.88 bits per heavy atom. The Kier molecular flexibility index (Phi) is 8.91. The summed E-state index contributed by atoms with van der Waals surface area (Å²) in [7, 11) is 1.61. The lowest BCUT2D eigenvalue weighted by atomic mass is 9.41. The molecular weight excluding hydrogens is 614 g/mol. The molecule has 2 saturated carbocycles. The third-order valence-electron chi connectivity index (χ3n) is 11.7. The summed E-state index contributed by atoms with van der Waals surface area (Å²) in [6.45, 7) is 9.87. The maximum Gasteiger partial charge on any atom is 0.345 e. The van der Waals surface area contributed by atoms with Crippen LogP contribution in [0.15, 0.2) is 64.1 Å². The minimum Gasteiger partial charge on any atom is -0.497 e. The molecule has 8 atom stereocenters. The van der Waals surface area contributed by atoms with Gasteiger partial charge in [-0.15, -0.1) is 0 Å². The fourth-order valence-electron chi connectivity index (χ4n) is 8.95. The first-order valence-electron chi connectivity index (χ1n) is 16.7. The highest BCUT2D eigenvalue weighted by molar-refractivity contribution is 5.70. The number of pyridine rings is 1. The predicted molar refractivity (Wildman–Crippen MR) is 176 cm³/mol. The fraction of sp³-hybridized carbons (Fsp3) is 0.526. The second kappa shape index (κ2) is 12.7. The zero-order chi connectivity index (χ0) is 34.4. The van der Waals surface area contributed by atoms with Gasteiger partial charge in [0.15, 0.2) is 0 Å². The fourth-order valence-corrected chi connectivity index (χ4v) is 8.95. The van der Waals surface area contributed by atoms with Crippen LogP contribution in [0.5, 0.6) is 11.5 Å². The monoisotopic (exact) mass is 659 g/mol. The number of aromatic nitrogens is 1. The second-order valence-electron chi connectivity index (χ2n) is 14.5. The summed E-state index contributed by atoms with van der Waals surface area (Å²) >= 11 is 0. The normalized spacial score (nSPS) is 32.1. The van der Waals surface area contributed by atoms with E-state index in [2.05, 4.69) is 25.8 Å². The van der Waals surface area contributed by atoms with Crippen LogP contribution in [0.25, 0.3) is 11.3 Å². The Hall–Kier alpha value is -4.18. The molecule has 3 unspecified atom stereocenters. The minimum absolute atomic E-state index is 0.0527. The molecule has 0 bridgehead atoms. The van der Waals surface area contributed by atoms with Crippen molar-refractivity contribution in [3.05, 3.63) is 76.4 Å². The van der Waals surface area contributed by atoms with Crippen molar-refractivity contribution in [2.45, 2.75) is 84.5 Å². The van der Waals surface area contributed by atoms with Crippen molar-refractivity contribution in [2.24, 2.45) is 28.6 Å². The third-order valence-corrected chi connectivity index (χ3v) is 11.7. The Bertz CT molecular complexity index is 1720. The highest BCUT2D eigenvalue weighted by Gasteiger charge is 2.70. The average molecular weight is 660 g/mol. The molecule has 3 heterocycles. The number of benzene rings is 1. The van der Waals surface area contributed by atoms with Gasteiger partial charge in [-0.25, -0.2) is 4.79 Å². The van der Waals surface area contributed by atoms with E-state index in [4.69, 9.17) is 23.4 Å². The molecule has 10 heteroatoms. The van der Waals surface area contributed by atoms with Gasteiger partial charge in [0.2, 0.25) is 0 Å². The van der Waals surface area contributed by atoms with Crippen molar-refractivity contribution < 1.29 is 38.1 Å². The van der Waals surface area contributed by atoms with Crippen LogP contribution in [-0.4, -0.2) is 47.5 Å². The van der Waals surface area contributed by atoms with E-state index in [0.29, 0.717) is 18.4 Å². The standard InChI is InChI=1S/C38H45NO9/c1-22-15-16-36(3)29(37(22,4)21-45-23(2)40)19-30(47-31(41)14-11-24-9-12-26(44-6)13-10-24)38(5)34(36)33(42)32-28(48-38)18-27(46-35(32)43)25-8-7-17-39-20-25/h7-10,12-13,17-18,20,22,29-30,33-34,42H,11,14-16,19,21H2,1-6H3/t22-,29?,30-,33-,34?,36-,37?,38+/m0/s1. The molecule has 0 spiro atoms. The Labute approximate surface area is 280 Å². The van der Waals surface area contributed by atoms with E-state index < -0.39 is 46.2 Å². The van der Waals surface area contributed by atoms with E-state index in [1.165, 1.54) is 6.92 Å². The Morgan fingerprint density at radius 3 is 2.54 bits per heavy atom. The van der Waals surface area contributed by atoms with Gasteiger partial charge in [0, 0.05) is 48.7 Å². The number of hydrogen-bond acceptors (Lipinski definition) is 10. The summed E-state index contributed by atoms with van der Waals surface area (Å²) in [5, 5.41) is 12.3. The highest BCUT2D eigenvalue weighted by atomic mass is 16.6. The number of carbonyl (C=O) groups excluding carboxylic acids is 2. The van der Waals surface area contributed by atoms with Gasteiger partial charge in [-0.2, -0.15) is 0 Å². The number of aliphatic hydroxyl groups excluding tert-OH is 1. The summed E-state index contributed by atoms with van der Waals surface area (Å²) in [5.41, 5.74) is -1.35. The zero-order valence-electron chi connectivity index (χ0n) is 28.5. The van der Waals surface area contributed by atoms with Gasteiger partial charge < -0.3 is 28.5 Å². The molecule has 10 nitrogen and oxygen atoms in total. The van der Waals surface area contributed by atoms with E-state index >= 15 is 0 Å². The number of aliphatic hydroxyl groups is 1. The van der Waals surface area contributed by atoms with Gasteiger partial charge in [-0.3, -0.25) is 14.6 Å². The van der Waals surface area contributed by atoms with E-state index in [-0.39, 0.29) is 47.9 Å². The first-order valence-corrected chi connectivity index (χ1v) is 16.7. The lowest BCUT2D eigenvalue weighted by Gasteiger charge is -2.66. The molecule has 0 saturated heterocycles. The summed E-state index contributed by atoms with van der Waals surface area (Å²) < 4.78 is 29.9. The topological polar surface area (TPSA) is 134 Å². The number of esters is 2. The molecule has 1 aromatic carbocycles.